The average Bonchev–Trinajstić information content (AvgIpc) is 2.12. The summed E-state index contributed by atoms with van der Waals surface area (Å²) in [4.78, 5) is 6.55. The van der Waals surface area contributed by atoms with Gasteiger partial charge >= 0.3 is 0 Å². The second-order valence-corrected chi connectivity index (χ2v) is 5.18. The summed E-state index contributed by atoms with van der Waals surface area (Å²) in [6.45, 7) is 7.97. The Morgan fingerprint density at radius 1 is 1.40 bits per heavy atom. The van der Waals surface area contributed by atoms with Crippen LogP contribution in [0.25, 0.3) is 0 Å². The lowest BCUT2D eigenvalue weighted by Gasteiger charge is -2.39. The van der Waals surface area contributed by atoms with Gasteiger partial charge in [-0.05, 0) is 11.5 Å². The fourth-order valence-corrected chi connectivity index (χ4v) is 1.86. The molecule has 1 N–H and O–H groups in total. The number of anilines is 1. The predicted octanol–water partition coefficient (Wildman–Crippen LogP) is 1.56. The lowest BCUT2D eigenvalue weighted by Crippen LogP contribution is -2.51. The summed E-state index contributed by atoms with van der Waals surface area (Å²) >= 11 is 0. The Morgan fingerprint density at radius 3 is 2.60 bits per heavy atom. The van der Waals surface area contributed by atoms with Crippen molar-refractivity contribution in [2.45, 2.75) is 32.3 Å². The second kappa shape index (κ2) is 3.49. The average molecular weight is 206 g/mol. The molecule has 3 nitrogen and oxygen atoms in total. The van der Waals surface area contributed by atoms with Crippen molar-refractivity contribution in [2.75, 3.05) is 18.0 Å². The molecular formula is C12H18N2O. The number of hydrogen-bond acceptors (Lipinski definition) is 3. The summed E-state index contributed by atoms with van der Waals surface area (Å²) in [6.07, 6.45) is 1.63. The van der Waals surface area contributed by atoms with Crippen molar-refractivity contribution in [1.82, 2.24) is 4.98 Å². The molecular weight excluding hydrogens is 188 g/mol. The van der Waals surface area contributed by atoms with Crippen LogP contribution >= 0.6 is 0 Å². The minimum atomic E-state index is -0.181. The van der Waals surface area contributed by atoms with Gasteiger partial charge in [0.15, 0.2) is 0 Å². The Labute approximate surface area is 90.8 Å². The van der Waals surface area contributed by atoms with E-state index in [9.17, 15) is 5.11 Å². The summed E-state index contributed by atoms with van der Waals surface area (Å²) in [5.74, 6) is 1.02. The number of aliphatic hydroxyl groups excluding tert-OH is 1. The van der Waals surface area contributed by atoms with E-state index in [1.165, 1.54) is 5.56 Å². The van der Waals surface area contributed by atoms with Crippen molar-refractivity contribution in [3.05, 3.63) is 23.9 Å². The van der Waals surface area contributed by atoms with Crippen LogP contribution in [0.1, 0.15) is 26.3 Å². The molecule has 15 heavy (non-hydrogen) atoms. The summed E-state index contributed by atoms with van der Waals surface area (Å²) in [5.41, 5.74) is 1.35. The molecule has 1 aromatic heterocycles. The first-order valence-corrected chi connectivity index (χ1v) is 5.37. The number of aliphatic hydroxyl groups is 1. The zero-order valence-corrected chi connectivity index (χ0v) is 9.57. The van der Waals surface area contributed by atoms with E-state index in [0.29, 0.717) is 13.1 Å². The molecule has 3 heteroatoms. The van der Waals surface area contributed by atoms with Gasteiger partial charge in [0, 0.05) is 24.8 Å². The van der Waals surface area contributed by atoms with Crippen LogP contribution < -0.4 is 4.90 Å². The van der Waals surface area contributed by atoms with Crippen molar-refractivity contribution < 1.29 is 5.11 Å². The molecule has 0 atom stereocenters. The van der Waals surface area contributed by atoms with Crippen LogP contribution in [0, 0.1) is 0 Å². The van der Waals surface area contributed by atoms with Crippen LogP contribution in [0.15, 0.2) is 18.3 Å². The number of pyridine rings is 1. The van der Waals surface area contributed by atoms with Crippen LogP contribution in [-0.2, 0) is 5.41 Å². The molecule has 1 fully saturated rings. The Bertz CT molecular complexity index is 351. The highest BCUT2D eigenvalue weighted by molar-refractivity contribution is 5.52. The van der Waals surface area contributed by atoms with E-state index in [1.807, 2.05) is 12.3 Å². The van der Waals surface area contributed by atoms with E-state index >= 15 is 0 Å². The summed E-state index contributed by atoms with van der Waals surface area (Å²) < 4.78 is 0. The summed E-state index contributed by atoms with van der Waals surface area (Å²) in [6, 6.07) is 4.09. The predicted molar refractivity (Wildman–Crippen MR) is 61.2 cm³/mol. The Kier molecular flexibility index (Phi) is 2.43. The van der Waals surface area contributed by atoms with Gasteiger partial charge in [-0.2, -0.15) is 0 Å². The van der Waals surface area contributed by atoms with E-state index in [2.05, 4.69) is 36.7 Å². The van der Waals surface area contributed by atoms with E-state index in [1.54, 1.807) is 0 Å². The zero-order chi connectivity index (χ0) is 11.1. The molecule has 0 saturated carbocycles. The number of rotatable bonds is 1. The van der Waals surface area contributed by atoms with E-state index in [4.69, 9.17) is 0 Å². The quantitative estimate of drug-likeness (QED) is 0.757. The smallest absolute Gasteiger partial charge is 0.132 e. The van der Waals surface area contributed by atoms with E-state index in [-0.39, 0.29) is 11.5 Å². The maximum atomic E-state index is 9.30. The molecule has 2 rings (SSSR count). The molecule has 0 aliphatic carbocycles. The summed E-state index contributed by atoms with van der Waals surface area (Å²) in [5, 5.41) is 9.30. The van der Waals surface area contributed by atoms with Gasteiger partial charge in [0.1, 0.15) is 5.82 Å². The highest BCUT2D eigenvalue weighted by Crippen LogP contribution is 2.31. The van der Waals surface area contributed by atoms with Crippen molar-refractivity contribution in [1.29, 1.82) is 0 Å². The fourth-order valence-electron chi connectivity index (χ4n) is 1.86. The second-order valence-electron chi connectivity index (χ2n) is 5.18. The lowest BCUT2D eigenvalue weighted by atomic mass is 9.86. The van der Waals surface area contributed by atoms with Gasteiger partial charge in [0.2, 0.25) is 0 Å². The molecule has 0 spiro atoms. The molecule has 0 bridgehead atoms. The van der Waals surface area contributed by atoms with Gasteiger partial charge in [0.25, 0.3) is 0 Å². The normalized spacial score (nSPS) is 17.7. The first-order valence-electron chi connectivity index (χ1n) is 5.37. The summed E-state index contributed by atoms with van der Waals surface area (Å²) in [7, 11) is 0. The maximum Gasteiger partial charge on any atom is 0.132 e. The minimum absolute atomic E-state index is 0.101. The SMILES string of the molecule is CC(C)(C)c1cccnc1N1CC(O)C1. The Morgan fingerprint density at radius 2 is 2.07 bits per heavy atom. The molecule has 1 aromatic rings. The third-order valence-corrected chi connectivity index (χ3v) is 2.76. The van der Waals surface area contributed by atoms with E-state index in [0.717, 1.165) is 5.82 Å². The molecule has 1 aliphatic heterocycles. The fraction of sp³-hybridized carbons (Fsp3) is 0.583. The monoisotopic (exact) mass is 206 g/mol. The highest BCUT2D eigenvalue weighted by atomic mass is 16.3. The molecule has 1 aliphatic rings. The lowest BCUT2D eigenvalue weighted by molar-refractivity contribution is 0.141. The van der Waals surface area contributed by atoms with E-state index < -0.39 is 0 Å². The van der Waals surface area contributed by atoms with Crippen molar-refractivity contribution in [3.8, 4) is 0 Å². The third-order valence-electron chi connectivity index (χ3n) is 2.76. The topological polar surface area (TPSA) is 36.4 Å². The van der Waals surface area contributed by atoms with Gasteiger partial charge < -0.3 is 10.0 Å². The largest absolute Gasteiger partial charge is 0.389 e. The molecule has 0 aromatic carbocycles. The molecule has 1 saturated heterocycles. The highest BCUT2D eigenvalue weighted by Gasteiger charge is 2.29. The zero-order valence-electron chi connectivity index (χ0n) is 9.57. The Balaban J connectivity index is 2.31. The third kappa shape index (κ3) is 1.97. The van der Waals surface area contributed by atoms with Crippen LogP contribution in [0.2, 0.25) is 0 Å². The van der Waals surface area contributed by atoms with Crippen LogP contribution in [-0.4, -0.2) is 29.3 Å². The van der Waals surface area contributed by atoms with Gasteiger partial charge in [-0.25, -0.2) is 4.98 Å². The maximum absolute atomic E-state index is 9.30. The van der Waals surface area contributed by atoms with Gasteiger partial charge in [-0.3, -0.25) is 0 Å². The van der Waals surface area contributed by atoms with Crippen LogP contribution in [0.5, 0.6) is 0 Å². The number of hydrogen-bond donors (Lipinski definition) is 1. The molecule has 0 unspecified atom stereocenters. The van der Waals surface area contributed by atoms with Crippen molar-refractivity contribution in [2.24, 2.45) is 0 Å². The molecule has 0 radical (unpaired) electrons. The number of nitrogens with zero attached hydrogens (tertiary/aromatic N) is 2. The molecule has 2 heterocycles. The first kappa shape index (κ1) is 10.4. The minimum Gasteiger partial charge on any atom is -0.389 e. The molecule has 0 amide bonds. The number of β-amino-alcohol motifs (C(OH)–C–C–N with tert-alkyl or cyclic N) is 1. The van der Waals surface area contributed by atoms with Gasteiger partial charge in [0.05, 0.1) is 6.10 Å². The van der Waals surface area contributed by atoms with Crippen molar-refractivity contribution in [3.63, 3.8) is 0 Å². The van der Waals surface area contributed by atoms with Crippen LogP contribution in [0.4, 0.5) is 5.82 Å². The standard InChI is InChI=1S/C12H18N2O/c1-12(2,3)10-5-4-6-13-11(10)14-7-9(15)8-14/h4-6,9,15H,7-8H2,1-3H3. The van der Waals surface area contributed by atoms with Crippen molar-refractivity contribution >= 4 is 5.82 Å². The Hall–Kier alpha value is -1.09. The van der Waals surface area contributed by atoms with Gasteiger partial charge in [-0.1, -0.05) is 26.8 Å². The number of aromatic nitrogens is 1. The first-order chi connectivity index (χ1) is 6.98. The van der Waals surface area contributed by atoms with Gasteiger partial charge in [-0.15, -0.1) is 0 Å². The molecule has 82 valence electrons. The van der Waals surface area contributed by atoms with Crippen LogP contribution in [0.3, 0.4) is 0 Å².